The van der Waals surface area contributed by atoms with Crippen LogP contribution in [0.2, 0.25) is 0 Å². The Bertz CT molecular complexity index is 554. The Morgan fingerprint density at radius 3 is 2.67 bits per heavy atom. The van der Waals surface area contributed by atoms with E-state index in [9.17, 15) is 4.79 Å². The number of amides is 1. The van der Waals surface area contributed by atoms with Crippen LogP contribution in [0.3, 0.4) is 0 Å². The molecule has 1 heterocycles. The van der Waals surface area contributed by atoms with Gasteiger partial charge in [-0.3, -0.25) is 4.79 Å². The summed E-state index contributed by atoms with van der Waals surface area (Å²) in [7, 11) is 0. The molecule has 0 aliphatic heterocycles. The first-order chi connectivity index (χ1) is 8.66. The zero-order valence-electron chi connectivity index (χ0n) is 9.67. The third kappa shape index (κ3) is 3.01. The van der Waals surface area contributed by atoms with Crippen molar-refractivity contribution in [1.29, 1.82) is 0 Å². The summed E-state index contributed by atoms with van der Waals surface area (Å²) in [6.07, 6.45) is 1.72. The maximum atomic E-state index is 11.3. The van der Waals surface area contributed by atoms with Crippen molar-refractivity contribution in [1.82, 2.24) is 4.98 Å². The molecule has 18 heavy (non-hydrogen) atoms. The van der Waals surface area contributed by atoms with Gasteiger partial charge in [0.05, 0.1) is 0 Å². The third-order valence-corrected chi connectivity index (χ3v) is 3.47. The van der Waals surface area contributed by atoms with E-state index < -0.39 is 5.91 Å². The first-order valence-electron chi connectivity index (χ1n) is 5.39. The number of primary amides is 1. The number of nitrogen functional groups attached to an aromatic ring is 1. The molecule has 1 aromatic heterocycles. The van der Waals surface area contributed by atoms with Crippen LogP contribution in [0, 0.1) is 0 Å². The molecule has 0 saturated heterocycles. The van der Waals surface area contributed by atoms with Gasteiger partial charge >= 0.3 is 0 Å². The quantitative estimate of drug-likeness (QED) is 0.823. The SMILES string of the molecule is NC(=O)c1ccccc1CSc1ccc(N)nc1. The average molecular weight is 259 g/mol. The van der Waals surface area contributed by atoms with E-state index in [0.717, 1.165) is 10.5 Å². The normalized spacial score (nSPS) is 10.2. The van der Waals surface area contributed by atoms with Crippen molar-refractivity contribution in [2.24, 2.45) is 5.73 Å². The number of hydrogen-bond acceptors (Lipinski definition) is 4. The molecule has 0 unspecified atom stereocenters. The molecule has 4 nitrogen and oxygen atoms in total. The molecule has 0 bridgehead atoms. The minimum absolute atomic E-state index is 0.401. The standard InChI is InChI=1S/C13H13N3OS/c14-12-6-5-10(7-16-12)18-8-9-3-1-2-4-11(9)13(15)17/h1-7H,8H2,(H2,14,16)(H2,15,17). The summed E-state index contributed by atoms with van der Waals surface area (Å²) < 4.78 is 0. The highest BCUT2D eigenvalue weighted by atomic mass is 32.2. The summed E-state index contributed by atoms with van der Waals surface area (Å²) in [5, 5.41) is 0. The number of nitrogens with zero attached hydrogens (tertiary/aromatic N) is 1. The van der Waals surface area contributed by atoms with E-state index in [1.807, 2.05) is 18.2 Å². The molecule has 2 aromatic rings. The summed E-state index contributed by atoms with van der Waals surface area (Å²) >= 11 is 1.59. The molecule has 1 amide bonds. The summed E-state index contributed by atoms with van der Waals surface area (Å²) in [6, 6.07) is 11.0. The Labute approximate surface area is 109 Å². The molecule has 0 spiro atoms. The van der Waals surface area contributed by atoms with Crippen LogP contribution in [0.4, 0.5) is 5.82 Å². The Morgan fingerprint density at radius 2 is 2.00 bits per heavy atom. The van der Waals surface area contributed by atoms with Gasteiger partial charge in [0.25, 0.3) is 0 Å². The van der Waals surface area contributed by atoms with Gasteiger partial charge in [0.15, 0.2) is 0 Å². The smallest absolute Gasteiger partial charge is 0.249 e. The highest BCUT2D eigenvalue weighted by molar-refractivity contribution is 7.98. The lowest BCUT2D eigenvalue weighted by molar-refractivity contribution is 0.0999. The second kappa shape index (κ2) is 5.55. The molecule has 0 atom stereocenters. The topological polar surface area (TPSA) is 82.0 Å². The molecule has 0 radical (unpaired) electrons. The number of rotatable bonds is 4. The molecule has 2 rings (SSSR count). The first kappa shape index (κ1) is 12.4. The van der Waals surface area contributed by atoms with E-state index >= 15 is 0 Å². The average Bonchev–Trinajstić information content (AvgIpc) is 2.38. The van der Waals surface area contributed by atoms with Crippen molar-refractivity contribution in [2.45, 2.75) is 10.6 Å². The van der Waals surface area contributed by atoms with Crippen molar-refractivity contribution in [3.63, 3.8) is 0 Å². The van der Waals surface area contributed by atoms with Gasteiger partial charge < -0.3 is 11.5 Å². The van der Waals surface area contributed by atoms with E-state index in [2.05, 4.69) is 4.98 Å². The first-order valence-corrected chi connectivity index (χ1v) is 6.37. The highest BCUT2D eigenvalue weighted by Crippen LogP contribution is 2.24. The Morgan fingerprint density at radius 1 is 1.22 bits per heavy atom. The zero-order valence-corrected chi connectivity index (χ0v) is 10.5. The van der Waals surface area contributed by atoms with E-state index in [-0.39, 0.29) is 0 Å². The molecular formula is C13H13N3OS. The number of benzene rings is 1. The van der Waals surface area contributed by atoms with Gasteiger partial charge in [-0.2, -0.15) is 0 Å². The maximum absolute atomic E-state index is 11.3. The van der Waals surface area contributed by atoms with E-state index in [1.54, 1.807) is 36.2 Å². The minimum Gasteiger partial charge on any atom is -0.384 e. The fourth-order valence-corrected chi connectivity index (χ4v) is 2.39. The Kier molecular flexibility index (Phi) is 3.84. The van der Waals surface area contributed by atoms with Crippen LogP contribution in [0.15, 0.2) is 47.5 Å². The number of carbonyl (C=O) groups is 1. The van der Waals surface area contributed by atoms with Crippen molar-refractivity contribution < 1.29 is 4.79 Å². The lowest BCUT2D eigenvalue weighted by Gasteiger charge is -2.06. The van der Waals surface area contributed by atoms with Gasteiger partial charge in [0.2, 0.25) is 5.91 Å². The number of pyridine rings is 1. The zero-order chi connectivity index (χ0) is 13.0. The van der Waals surface area contributed by atoms with Crippen LogP contribution in [-0.2, 0) is 5.75 Å². The fourth-order valence-electron chi connectivity index (χ4n) is 1.52. The van der Waals surface area contributed by atoms with Crippen molar-refractivity contribution in [2.75, 3.05) is 5.73 Å². The third-order valence-electron chi connectivity index (χ3n) is 2.44. The van der Waals surface area contributed by atoms with Crippen LogP contribution in [0.25, 0.3) is 0 Å². The second-order valence-electron chi connectivity index (χ2n) is 3.73. The predicted molar refractivity (Wildman–Crippen MR) is 73.2 cm³/mol. The number of anilines is 1. The van der Waals surface area contributed by atoms with Crippen LogP contribution in [0.1, 0.15) is 15.9 Å². The molecule has 1 aromatic carbocycles. The molecule has 0 aliphatic carbocycles. The molecule has 0 saturated carbocycles. The number of nitrogens with two attached hydrogens (primary N) is 2. The second-order valence-corrected chi connectivity index (χ2v) is 4.78. The summed E-state index contributed by atoms with van der Waals surface area (Å²) in [5.74, 6) is 0.767. The van der Waals surface area contributed by atoms with Gasteiger partial charge in [-0.15, -0.1) is 11.8 Å². The number of carbonyl (C=O) groups excluding carboxylic acids is 1. The van der Waals surface area contributed by atoms with Crippen LogP contribution < -0.4 is 11.5 Å². The monoisotopic (exact) mass is 259 g/mol. The summed E-state index contributed by atoms with van der Waals surface area (Å²) in [6.45, 7) is 0. The van der Waals surface area contributed by atoms with Gasteiger partial charge in [0.1, 0.15) is 5.82 Å². The molecule has 0 fully saturated rings. The van der Waals surface area contributed by atoms with E-state index in [0.29, 0.717) is 17.1 Å². The van der Waals surface area contributed by atoms with Crippen LogP contribution in [-0.4, -0.2) is 10.9 Å². The van der Waals surface area contributed by atoms with Gasteiger partial charge in [-0.25, -0.2) is 4.98 Å². The Balaban J connectivity index is 2.10. The van der Waals surface area contributed by atoms with Crippen molar-refractivity contribution >= 4 is 23.5 Å². The lowest BCUT2D eigenvalue weighted by Crippen LogP contribution is -2.13. The lowest BCUT2D eigenvalue weighted by atomic mass is 10.1. The fraction of sp³-hybridized carbons (Fsp3) is 0.0769. The predicted octanol–water partition coefficient (Wildman–Crippen LogP) is 2.06. The van der Waals surface area contributed by atoms with Gasteiger partial charge in [-0.1, -0.05) is 18.2 Å². The van der Waals surface area contributed by atoms with E-state index in [4.69, 9.17) is 11.5 Å². The number of aromatic nitrogens is 1. The summed E-state index contributed by atoms with van der Waals surface area (Å²) in [5.41, 5.74) is 12.3. The molecule has 4 N–H and O–H groups in total. The molecule has 5 heteroatoms. The van der Waals surface area contributed by atoms with Crippen LogP contribution in [0.5, 0.6) is 0 Å². The van der Waals surface area contributed by atoms with E-state index in [1.165, 1.54) is 0 Å². The number of thioether (sulfide) groups is 1. The number of hydrogen-bond donors (Lipinski definition) is 2. The minimum atomic E-state index is -0.401. The molecule has 92 valence electrons. The molecule has 0 aliphatic rings. The largest absolute Gasteiger partial charge is 0.384 e. The van der Waals surface area contributed by atoms with Crippen molar-refractivity contribution in [3.05, 3.63) is 53.7 Å². The molecular weight excluding hydrogens is 246 g/mol. The van der Waals surface area contributed by atoms with Gasteiger partial charge in [-0.05, 0) is 23.8 Å². The van der Waals surface area contributed by atoms with Crippen molar-refractivity contribution in [3.8, 4) is 0 Å². The highest BCUT2D eigenvalue weighted by Gasteiger charge is 2.07. The maximum Gasteiger partial charge on any atom is 0.249 e. The van der Waals surface area contributed by atoms with Gasteiger partial charge in [0, 0.05) is 22.4 Å². The van der Waals surface area contributed by atoms with Crippen LogP contribution >= 0.6 is 11.8 Å². The summed E-state index contributed by atoms with van der Waals surface area (Å²) in [4.78, 5) is 16.3. The Hall–Kier alpha value is -2.01.